The van der Waals surface area contributed by atoms with Gasteiger partial charge >= 0.3 is 0 Å². The number of furan rings is 1. The molecule has 3 aromatic rings. The zero-order chi connectivity index (χ0) is 19.9. The molecule has 1 N–H and O–H groups in total. The van der Waals surface area contributed by atoms with Gasteiger partial charge in [0, 0.05) is 30.4 Å². The molecular formula is C18H19N5O4S. The number of ketones is 1. The summed E-state index contributed by atoms with van der Waals surface area (Å²) < 4.78 is 32.2. The lowest BCUT2D eigenvalue weighted by Gasteiger charge is -2.14. The largest absolute Gasteiger partial charge is 0.439 e. The van der Waals surface area contributed by atoms with Crippen LogP contribution >= 0.6 is 0 Å². The molecule has 0 saturated carbocycles. The van der Waals surface area contributed by atoms with Gasteiger partial charge in [0.15, 0.2) is 5.82 Å². The minimum Gasteiger partial charge on any atom is -0.439 e. The molecule has 3 aromatic heterocycles. The molecule has 0 aromatic carbocycles. The van der Waals surface area contributed by atoms with E-state index >= 15 is 0 Å². The number of sulfonamides is 1. The van der Waals surface area contributed by atoms with Gasteiger partial charge in [-0.15, -0.1) is 0 Å². The molecule has 1 aliphatic rings. The number of H-pyrrole nitrogens is 1. The van der Waals surface area contributed by atoms with Crippen molar-refractivity contribution in [2.24, 2.45) is 0 Å². The summed E-state index contributed by atoms with van der Waals surface area (Å²) >= 11 is 0. The lowest BCUT2D eigenvalue weighted by molar-refractivity contribution is -0.116. The fraction of sp³-hybridized carbons (Fsp3) is 0.333. The third-order valence-electron chi connectivity index (χ3n) is 4.56. The predicted octanol–water partition coefficient (Wildman–Crippen LogP) is 2.11. The molecule has 1 fully saturated rings. The number of carbonyl (C=O) groups is 1. The minimum atomic E-state index is -3.44. The fourth-order valence-corrected chi connectivity index (χ4v) is 4.77. The summed E-state index contributed by atoms with van der Waals surface area (Å²) in [6.45, 7) is 3.73. The van der Waals surface area contributed by atoms with Gasteiger partial charge < -0.3 is 4.42 Å². The molecule has 0 bridgehead atoms. The Bertz CT molecular complexity index is 1130. The van der Waals surface area contributed by atoms with Gasteiger partial charge in [-0.3, -0.25) is 14.9 Å². The van der Waals surface area contributed by atoms with E-state index in [9.17, 15) is 13.2 Å². The smallest absolute Gasteiger partial charge is 0.237 e. The van der Waals surface area contributed by atoms with E-state index in [0.717, 1.165) is 11.1 Å². The highest BCUT2D eigenvalue weighted by molar-refractivity contribution is 7.93. The number of carbonyl (C=O) groups excluding carboxylic acids is 1. The number of Topliss-reactive ketones (excluding diaryl/α,β-unsaturated/α-hetero) is 1. The second-order valence-corrected chi connectivity index (χ2v) is 8.79. The maximum atomic E-state index is 12.4. The van der Waals surface area contributed by atoms with Gasteiger partial charge in [-0.2, -0.15) is 5.10 Å². The predicted molar refractivity (Wildman–Crippen MR) is 102 cm³/mol. The average Bonchev–Trinajstić information content (AvgIpc) is 3.34. The molecule has 4 rings (SSSR count). The van der Waals surface area contributed by atoms with Crippen LogP contribution in [0.4, 0.5) is 5.88 Å². The van der Waals surface area contributed by atoms with E-state index in [2.05, 4.69) is 20.2 Å². The molecule has 28 heavy (non-hydrogen) atoms. The summed E-state index contributed by atoms with van der Waals surface area (Å²) in [6.07, 6.45) is 3.78. The highest BCUT2D eigenvalue weighted by atomic mass is 32.2. The molecule has 1 saturated heterocycles. The number of nitrogens with one attached hydrogen (secondary N) is 1. The Labute approximate surface area is 161 Å². The van der Waals surface area contributed by atoms with Crippen LogP contribution in [-0.4, -0.2) is 46.7 Å². The molecular weight excluding hydrogens is 382 g/mol. The quantitative estimate of drug-likeness (QED) is 0.694. The van der Waals surface area contributed by atoms with Crippen LogP contribution in [0.5, 0.6) is 0 Å². The number of rotatable bonds is 5. The maximum absolute atomic E-state index is 12.4. The van der Waals surface area contributed by atoms with Crippen molar-refractivity contribution in [1.29, 1.82) is 0 Å². The summed E-state index contributed by atoms with van der Waals surface area (Å²) in [6, 6.07) is 3.53. The molecule has 0 unspecified atom stereocenters. The number of aryl methyl sites for hydroxylation is 1. The number of nitrogens with zero attached hydrogens (tertiary/aromatic N) is 4. The Morgan fingerprint density at radius 3 is 2.75 bits per heavy atom. The number of anilines is 1. The first kappa shape index (κ1) is 18.4. The summed E-state index contributed by atoms with van der Waals surface area (Å²) in [5, 5.41) is 6.62. The highest BCUT2D eigenvalue weighted by Crippen LogP contribution is 2.40. The Hall–Kier alpha value is -3.01. The summed E-state index contributed by atoms with van der Waals surface area (Å²) in [5.41, 5.74) is 2.74. The highest BCUT2D eigenvalue weighted by Gasteiger charge is 2.34. The van der Waals surface area contributed by atoms with Crippen molar-refractivity contribution in [3.05, 3.63) is 35.9 Å². The molecule has 146 valence electrons. The second-order valence-electron chi connectivity index (χ2n) is 6.77. The van der Waals surface area contributed by atoms with E-state index in [0.29, 0.717) is 35.8 Å². The lowest BCUT2D eigenvalue weighted by atomic mass is 10.1. The molecule has 0 amide bonds. The third kappa shape index (κ3) is 3.31. The normalized spacial score (nSPS) is 15.9. The standard InChI is InChI=1S/C18H19N5O4S/c1-11-9-19-13(6-12(2)24)7-14(11)16-8-15(17-20-10-21-22-17)18(27-16)23-4-3-5-28(23,25)26/h7-10H,3-6H2,1-2H3,(H,20,21,22). The van der Waals surface area contributed by atoms with Crippen molar-refractivity contribution >= 4 is 21.7 Å². The SMILES string of the molecule is CC(=O)Cc1cc(-c2cc(-c3ncn[nH]3)c(N3CCCS3(=O)=O)o2)c(C)cn1. The molecule has 0 atom stereocenters. The van der Waals surface area contributed by atoms with E-state index in [-0.39, 0.29) is 23.8 Å². The number of aromatic amines is 1. The molecule has 10 heteroatoms. The van der Waals surface area contributed by atoms with Crippen LogP contribution in [0.25, 0.3) is 22.7 Å². The number of aromatic nitrogens is 4. The van der Waals surface area contributed by atoms with Crippen LogP contribution < -0.4 is 4.31 Å². The van der Waals surface area contributed by atoms with E-state index in [4.69, 9.17) is 4.42 Å². The van der Waals surface area contributed by atoms with E-state index in [1.54, 1.807) is 18.3 Å². The van der Waals surface area contributed by atoms with E-state index in [1.807, 2.05) is 6.92 Å². The van der Waals surface area contributed by atoms with Crippen LogP contribution in [0.1, 0.15) is 24.6 Å². The van der Waals surface area contributed by atoms with Crippen molar-refractivity contribution in [3.8, 4) is 22.7 Å². The average molecular weight is 401 g/mol. The van der Waals surface area contributed by atoms with Gasteiger partial charge in [-0.25, -0.2) is 17.7 Å². The summed E-state index contributed by atoms with van der Waals surface area (Å²) in [7, 11) is -3.44. The molecule has 4 heterocycles. The van der Waals surface area contributed by atoms with Gasteiger partial charge in [-0.1, -0.05) is 0 Å². The summed E-state index contributed by atoms with van der Waals surface area (Å²) in [4.78, 5) is 19.9. The molecule has 1 aliphatic heterocycles. The molecule has 9 nitrogen and oxygen atoms in total. The van der Waals surface area contributed by atoms with Crippen molar-refractivity contribution < 1.29 is 17.6 Å². The Morgan fingerprint density at radius 1 is 1.29 bits per heavy atom. The van der Waals surface area contributed by atoms with Crippen molar-refractivity contribution in [1.82, 2.24) is 20.2 Å². The Balaban J connectivity index is 1.86. The monoisotopic (exact) mass is 401 g/mol. The van der Waals surface area contributed by atoms with Crippen LogP contribution in [0, 0.1) is 6.92 Å². The lowest BCUT2D eigenvalue weighted by Crippen LogP contribution is -2.25. The second kappa shape index (κ2) is 6.86. The topological polar surface area (TPSA) is 122 Å². The van der Waals surface area contributed by atoms with Gasteiger partial charge in [0.2, 0.25) is 15.9 Å². The first-order valence-corrected chi connectivity index (χ1v) is 10.4. The third-order valence-corrected chi connectivity index (χ3v) is 6.39. The fourth-order valence-electron chi connectivity index (χ4n) is 3.26. The zero-order valence-corrected chi connectivity index (χ0v) is 16.3. The number of hydrogen-bond acceptors (Lipinski definition) is 7. The van der Waals surface area contributed by atoms with Gasteiger partial charge in [0.05, 0.1) is 11.3 Å². The van der Waals surface area contributed by atoms with Crippen molar-refractivity contribution in [2.75, 3.05) is 16.6 Å². The van der Waals surface area contributed by atoms with E-state index in [1.165, 1.54) is 17.6 Å². The van der Waals surface area contributed by atoms with Crippen LogP contribution in [0.15, 0.2) is 29.1 Å². The first-order valence-electron chi connectivity index (χ1n) is 8.80. The summed E-state index contributed by atoms with van der Waals surface area (Å²) in [5.74, 6) is 1.20. The minimum absolute atomic E-state index is 0.00736. The van der Waals surface area contributed by atoms with Crippen LogP contribution in [0.3, 0.4) is 0 Å². The van der Waals surface area contributed by atoms with Crippen LogP contribution in [0.2, 0.25) is 0 Å². The molecule has 0 radical (unpaired) electrons. The Kier molecular flexibility index (Phi) is 4.50. The molecule has 0 spiro atoms. The first-order chi connectivity index (χ1) is 13.3. The van der Waals surface area contributed by atoms with E-state index < -0.39 is 10.0 Å². The van der Waals surface area contributed by atoms with Gasteiger partial charge in [0.25, 0.3) is 0 Å². The van der Waals surface area contributed by atoms with Gasteiger partial charge in [0.1, 0.15) is 17.9 Å². The van der Waals surface area contributed by atoms with Crippen molar-refractivity contribution in [3.63, 3.8) is 0 Å². The number of pyridine rings is 1. The maximum Gasteiger partial charge on any atom is 0.237 e. The Morgan fingerprint density at radius 2 is 2.11 bits per heavy atom. The zero-order valence-electron chi connectivity index (χ0n) is 15.5. The van der Waals surface area contributed by atoms with Gasteiger partial charge in [-0.05, 0) is 38.0 Å². The van der Waals surface area contributed by atoms with Crippen LogP contribution in [-0.2, 0) is 21.2 Å². The van der Waals surface area contributed by atoms with Crippen molar-refractivity contribution in [2.45, 2.75) is 26.7 Å². The molecule has 0 aliphatic carbocycles. The number of hydrogen-bond donors (Lipinski definition) is 1.